The van der Waals surface area contributed by atoms with Crippen LogP contribution in [-0.2, 0) is 18.4 Å². The molecule has 7 heteroatoms. The highest BCUT2D eigenvalue weighted by atomic mass is 16.3. The van der Waals surface area contributed by atoms with Gasteiger partial charge in [0.15, 0.2) is 0 Å². The molecule has 3 rings (SSSR count). The summed E-state index contributed by atoms with van der Waals surface area (Å²) in [6, 6.07) is 9.98. The van der Waals surface area contributed by atoms with E-state index in [9.17, 15) is 14.7 Å². The molecule has 0 radical (unpaired) electrons. The summed E-state index contributed by atoms with van der Waals surface area (Å²) < 4.78 is 8.09. The van der Waals surface area contributed by atoms with E-state index < -0.39 is 6.04 Å². The van der Waals surface area contributed by atoms with Gasteiger partial charge in [-0.25, -0.2) is 4.79 Å². The molecular formula is C16H17N3O4. The summed E-state index contributed by atoms with van der Waals surface area (Å²) in [7, 11) is 1.67. The number of carbonyl (C=O) groups is 1. The minimum atomic E-state index is -0.636. The molecule has 23 heavy (non-hydrogen) atoms. The van der Waals surface area contributed by atoms with Gasteiger partial charge in [-0.05, 0) is 24.3 Å². The average molecular weight is 315 g/mol. The predicted molar refractivity (Wildman–Crippen MR) is 83.9 cm³/mol. The zero-order chi connectivity index (χ0) is 16.4. The van der Waals surface area contributed by atoms with E-state index in [0.717, 1.165) is 5.52 Å². The molecular weight excluding hydrogens is 298 g/mol. The van der Waals surface area contributed by atoms with Gasteiger partial charge in [0.25, 0.3) is 0 Å². The molecule has 2 aromatic heterocycles. The first-order chi connectivity index (χ1) is 11.1. The van der Waals surface area contributed by atoms with Crippen molar-refractivity contribution >= 4 is 16.9 Å². The molecule has 0 aliphatic carbocycles. The van der Waals surface area contributed by atoms with E-state index in [2.05, 4.69) is 5.32 Å². The van der Waals surface area contributed by atoms with E-state index in [-0.39, 0.29) is 24.7 Å². The van der Waals surface area contributed by atoms with Crippen LogP contribution in [0.25, 0.3) is 11.0 Å². The van der Waals surface area contributed by atoms with Crippen molar-refractivity contribution in [2.75, 3.05) is 6.61 Å². The number of aromatic nitrogens is 2. The van der Waals surface area contributed by atoms with Crippen molar-refractivity contribution in [2.45, 2.75) is 12.6 Å². The largest absolute Gasteiger partial charge is 0.467 e. The summed E-state index contributed by atoms with van der Waals surface area (Å²) in [5, 5.41) is 12.1. The van der Waals surface area contributed by atoms with Gasteiger partial charge in [0, 0.05) is 7.05 Å². The Labute approximate surface area is 131 Å². The van der Waals surface area contributed by atoms with Crippen molar-refractivity contribution < 1.29 is 14.3 Å². The van der Waals surface area contributed by atoms with Crippen LogP contribution in [0.3, 0.4) is 0 Å². The standard InChI is InChI=1S/C16H17N3O4/c1-18-12-5-2-3-6-13(12)19(16(18)22)9-15(21)17-11(10-20)14-7-4-8-23-14/h2-8,11,20H,9-10H2,1H3,(H,17,21). The zero-order valence-electron chi connectivity index (χ0n) is 12.6. The summed E-state index contributed by atoms with van der Waals surface area (Å²) in [6.07, 6.45) is 1.47. The van der Waals surface area contributed by atoms with Gasteiger partial charge >= 0.3 is 5.69 Å². The number of hydrogen-bond donors (Lipinski definition) is 2. The Kier molecular flexibility index (Phi) is 4.03. The van der Waals surface area contributed by atoms with Crippen molar-refractivity contribution in [3.8, 4) is 0 Å². The van der Waals surface area contributed by atoms with Crippen LogP contribution >= 0.6 is 0 Å². The Hall–Kier alpha value is -2.80. The van der Waals surface area contributed by atoms with Gasteiger partial charge in [0.2, 0.25) is 5.91 Å². The molecule has 0 saturated carbocycles. The van der Waals surface area contributed by atoms with Crippen LogP contribution in [0.1, 0.15) is 11.8 Å². The maximum atomic E-state index is 12.3. The average Bonchev–Trinajstić information content (AvgIpc) is 3.17. The van der Waals surface area contributed by atoms with Gasteiger partial charge in [-0.3, -0.25) is 13.9 Å². The number of nitrogens with zero attached hydrogens (tertiary/aromatic N) is 2. The molecule has 2 heterocycles. The van der Waals surface area contributed by atoms with E-state index in [4.69, 9.17) is 4.42 Å². The number of rotatable bonds is 5. The Morgan fingerprint density at radius 1 is 1.26 bits per heavy atom. The molecule has 0 bridgehead atoms. The number of nitrogens with one attached hydrogen (secondary N) is 1. The number of fused-ring (bicyclic) bond motifs is 1. The molecule has 1 unspecified atom stereocenters. The number of furan rings is 1. The topological polar surface area (TPSA) is 89.4 Å². The molecule has 0 saturated heterocycles. The Bertz CT molecular complexity index is 877. The number of aliphatic hydroxyl groups excluding tert-OH is 1. The van der Waals surface area contributed by atoms with Gasteiger partial charge in [0.05, 0.1) is 23.9 Å². The van der Waals surface area contributed by atoms with E-state index in [1.165, 1.54) is 15.4 Å². The fourth-order valence-corrected chi connectivity index (χ4v) is 2.60. The van der Waals surface area contributed by atoms with Gasteiger partial charge in [-0.15, -0.1) is 0 Å². The quantitative estimate of drug-likeness (QED) is 0.728. The lowest BCUT2D eigenvalue weighted by Crippen LogP contribution is -2.36. The van der Waals surface area contributed by atoms with Crippen molar-refractivity contribution in [2.24, 2.45) is 7.05 Å². The van der Waals surface area contributed by atoms with Crippen molar-refractivity contribution in [1.29, 1.82) is 0 Å². The summed E-state index contributed by atoms with van der Waals surface area (Å²) >= 11 is 0. The third-order valence-electron chi connectivity index (χ3n) is 3.76. The van der Waals surface area contributed by atoms with Crippen LogP contribution in [0.2, 0.25) is 0 Å². The van der Waals surface area contributed by atoms with Gasteiger partial charge in [-0.1, -0.05) is 12.1 Å². The molecule has 1 atom stereocenters. The second kappa shape index (κ2) is 6.13. The minimum Gasteiger partial charge on any atom is -0.467 e. The number of hydrogen-bond acceptors (Lipinski definition) is 4. The SMILES string of the molecule is Cn1c(=O)n(CC(=O)NC(CO)c2ccco2)c2ccccc21. The number of amides is 1. The van der Waals surface area contributed by atoms with E-state index in [0.29, 0.717) is 11.3 Å². The van der Waals surface area contributed by atoms with E-state index in [1.807, 2.05) is 18.2 Å². The fourth-order valence-electron chi connectivity index (χ4n) is 2.60. The first-order valence-electron chi connectivity index (χ1n) is 7.19. The number of carbonyl (C=O) groups excluding carboxylic acids is 1. The first-order valence-corrected chi connectivity index (χ1v) is 7.19. The molecule has 0 aliphatic rings. The number of benzene rings is 1. The van der Waals surface area contributed by atoms with Crippen molar-refractivity contribution in [3.63, 3.8) is 0 Å². The molecule has 1 aromatic carbocycles. The maximum Gasteiger partial charge on any atom is 0.329 e. The summed E-state index contributed by atoms with van der Waals surface area (Å²) in [5.41, 5.74) is 1.18. The predicted octanol–water partition coefficient (Wildman–Crippen LogP) is 0.783. The summed E-state index contributed by atoms with van der Waals surface area (Å²) in [6.45, 7) is -0.416. The number of imidazole rings is 1. The second-order valence-electron chi connectivity index (χ2n) is 5.23. The number of aryl methyl sites for hydroxylation is 1. The normalized spacial score (nSPS) is 12.4. The highest BCUT2D eigenvalue weighted by Crippen LogP contribution is 2.14. The number of para-hydroxylation sites is 2. The van der Waals surface area contributed by atoms with Crippen LogP contribution in [0.5, 0.6) is 0 Å². The van der Waals surface area contributed by atoms with Gasteiger partial charge in [0.1, 0.15) is 18.3 Å². The van der Waals surface area contributed by atoms with Crippen LogP contribution in [0, 0.1) is 0 Å². The first kappa shape index (κ1) is 15.1. The highest BCUT2D eigenvalue weighted by Gasteiger charge is 2.18. The minimum absolute atomic E-state index is 0.128. The maximum absolute atomic E-state index is 12.3. The molecule has 0 fully saturated rings. The van der Waals surface area contributed by atoms with Gasteiger partial charge < -0.3 is 14.8 Å². The molecule has 2 N–H and O–H groups in total. The van der Waals surface area contributed by atoms with Crippen LogP contribution in [0.15, 0.2) is 51.9 Å². The molecule has 1 amide bonds. The van der Waals surface area contributed by atoms with Crippen LogP contribution in [0.4, 0.5) is 0 Å². The highest BCUT2D eigenvalue weighted by molar-refractivity contribution is 5.81. The van der Waals surface area contributed by atoms with Crippen molar-refractivity contribution in [1.82, 2.24) is 14.5 Å². The zero-order valence-corrected chi connectivity index (χ0v) is 12.6. The second-order valence-corrected chi connectivity index (χ2v) is 5.23. The van der Waals surface area contributed by atoms with E-state index in [1.54, 1.807) is 25.2 Å². The Balaban J connectivity index is 1.83. The molecule has 120 valence electrons. The monoisotopic (exact) mass is 315 g/mol. The van der Waals surface area contributed by atoms with Crippen LogP contribution < -0.4 is 11.0 Å². The van der Waals surface area contributed by atoms with Gasteiger partial charge in [-0.2, -0.15) is 0 Å². The summed E-state index contributed by atoms with van der Waals surface area (Å²) in [5.74, 6) is 0.0880. The smallest absolute Gasteiger partial charge is 0.329 e. The lowest BCUT2D eigenvalue weighted by atomic mass is 10.2. The van der Waals surface area contributed by atoms with E-state index >= 15 is 0 Å². The molecule has 3 aromatic rings. The third-order valence-corrected chi connectivity index (χ3v) is 3.76. The fraction of sp³-hybridized carbons (Fsp3) is 0.250. The number of aliphatic hydroxyl groups is 1. The third kappa shape index (κ3) is 2.78. The Morgan fingerprint density at radius 2 is 2.00 bits per heavy atom. The molecule has 0 aliphatic heterocycles. The molecule has 0 spiro atoms. The lowest BCUT2D eigenvalue weighted by Gasteiger charge is -2.14. The summed E-state index contributed by atoms with van der Waals surface area (Å²) in [4.78, 5) is 24.5. The van der Waals surface area contributed by atoms with Crippen molar-refractivity contribution in [3.05, 3.63) is 58.9 Å². The Morgan fingerprint density at radius 3 is 2.65 bits per heavy atom. The van der Waals surface area contributed by atoms with Crippen LogP contribution in [-0.4, -0.2) is 26.8 Å². The lowest BCUT2D eigenvalue weighted by molar-refractivity contribution is -0.122. The molecule has 7 nitrogen and oxygen atoms in total.